The Morgan fingerprint density at radius 3 is 2.67 bits per heavy atom. The zero-order valence-corrected chi connectivity index (χ0v) is 14.3. The zero-order chi connectivity index (χ0) is 17.0. The molecule has 0 aliphatic heterocycles. The van der Waals surface area contributed by atoms with Crippen molar-refractivity contribution in [1.29, 1.82) is 0 Å². The van der Waals surface area contributed by atoms with Crippen LogP contribution in [0.25, 0.3) is 0 Å². The van der Waals surface area contributed by atoms with E-state index < -0.39 is 10.0 Å². The molecule has 0 saturated heterocycles. The van der Waals surface area contributed by atoms with Crippen LogP contribution in [0.4, 0.5) is 0 Å². The summed E-state index contributed by atoms with van der Waals surface area (Å²) >= 11 is 0. The standard InChI is InChI=1S/C17H21N3O3S/c21-17-12-15-8-4-5-9-16(15)19-20(17)11-10-18-24(22,23)13-14-6-2-1-3-7-14/h1-3,6-7,12,18H,4-5,8-11,13H2. The van der Waals surface area contributed by atoms with Crippen LogP contribution in [0, 0.1) is 0 Å². The first kappa shape index (κ1) is 16.9. The normalized spacial score (nSPS) is 14.3. The predicted molar refractivity (Wildman–Crippen MR) is 92.2 cm³/mol. The van der Waals surface area contributed by atoms with E-state index >= 15 is 0 Å². The molecular formula is C17H21N3O3S. The van der Waals surface area contributed by atoms with Gasteiger partial charge in [0.05, 0.1) is 18.0 Å². The Kier molecular flexibility index (Phi) is 5.11. The molecule has 6 nitrogen and oxygen atoms in total. The topological polar surface area (TPSA) is 81.1 Å². The van der Waals surface area contributed by atoms with Crippen molar-refractivity contribution in [2.75, 3.05) is 6.54 Å². The molecule has 128 valence electrons. The summed E-state index contributed by atoms with van der Waals surface area (Å²) in [7, 11) is -3.43. The van der Waals surface area contributed by atoms with Crippen LogP contribution in [-0.2, 0) is 35.2 Å². The van der Waals surface area contributed by atoms with Gasteiger partial charge in [-0.15, -0.1) is 0 Å². The molecular weight excluding hydrogens is 326 g/mol. The van der Waals surface area contributed by atoms with Crippen molar-refractivity contribution in [3.63, 3.8) is 0 Å². The molecule has 0 saturated carbocycles. The van der Waals surface area contributed by atoms with Gasteiger partial charge >= 0.3 is 0 Å². The highest BCUT2D eigenvalue weighted by Crippen LogP contribution is 2.16. The lowest BCUT2D eigenvalue weighted by Gasteiger charge is -2.16. The molecule has 0 radical (unpaired) electrons. The molecule has 1 aromatic carbocycles. The average Bonchev–Trinajstić information content (AvgIpc) is 2.55. The van der Waals surface area contributed by atoms with Crippen molar-refractivity contribution in [1.82, 2.24) is 14.5 Å². The van der Waals surface area contributed by atoms with Gasteiger partial charge in [-0.25, -0.2) is 17.8 Å². The van der Waals surface area contributed by atoms with Crippen molar-refractivity contribution >= 4 is 10.0 Å². The minimum absolute atomic E-state index is 0.0691. The van der Waals surface area contributed by atoms with Crippen molar-refractivity contribution in [2.45, 2.75) is 38.0 Å². The van der Waals surface area contributed by atoms with E-state index in [-0.39, 0.29) is 24.4 Å². The van der Waals surface area contributed by atoms with Crippen LogP contribution in [0.2, 0.25) is 0 Å². The number of hydrogen-bond donors (Lipinski definition) is 1. The van der Waals surface area contributed by atoms with E-state index in [1.165, 1.54) is 4.68 Å². The lowest BCUT2D eigenvalue weighted by molar-refractivity contribution is 0.526. The highest BCUT2D eigenvalue weighted by molar-refractivity contribution is 7.88. The van der Waals surface area contributed by atoms with E-state index in [0.717, 1.165) is 42.5 Å². The van der Waals surface area contributed by atoms with E-state index in [1.54, 1.807) is 30.3 Å². The molecule has 0 unspecified atom stereocenters. The fraction of sp³-hybridized carbons (Fsp3) is 0.412. The maximum absolute atomic E-state index is 12.1. The maximum Gasteiger partial charge on any atom is 0.267 e. The number of aryl methyl sites for hydroxylation is 2. The van der Waals surface area contributed by atoms with Crippen molar-refractivity contribution in [2.24, 2.45) is 0 Å². The second kappa shape index (κ2) is 7.27. The quantitative estimate of drug-likeness (QED) is 0.852. The fourth-order valence-corrected chi connectivity index (χ4v) is 4.05. The van der Waals surface area contributed by atoms with Gasteiger partial charge in [-0.2, -0.15) is 5.10 Å². The number of nitrogens with one attached hydrogen (secondary N) is 1. The van der Waals surface area contributed by atoms with Crippen LogP contribution < -0.4 is 10.3 Å². The Bertz CT molecular complexity index is 860. The van der Waals surface area contributed by atoms with Crippen LogP contribution in [-0.4, -0.2) is 24.7 Å². The number of hydrogen-bond acceptors (Lipinski definition) is 4. The van der Waals surface area contributed by atoms with Gasteiger partial charge in [0.25, 0.3) is 5.56 Å². The first-order chi connectivity index (χ1) is 11.5. The molecule has 2 aromatic rings. The second-order valence-electron chi connectivity index (χ2n) is 6.02. The zero-order valence-electron chi connectivity index (χ0n) is 13.4. The number of benzene rings is 1. The minimum atomic E-state index is -3.43. The summed E-state index contributed by atoms with van der Waals surface area (Å²) in [5.74, 6) is -0.0691. The SMILES string of the molecule is O=c1cc2c(nn1CCNS(=O)(=O)Cc1ccccc1)CCCC2. The molecule has 1 aliphatic rings. The molecule has 0 fully saturated rings. The Balaban J connectivity index is 1.61. The molecule has 24 heavy (non-hydrogen) atoms. The third kappa shape index (κ3) is 4.30. The van der Waals surface area contributed by atoms with Crippen LogP contribution in [0.1, 0.15) is 29.7 Å². The van der Waals surface area contributed by atoms with Gasteiger partial charge in [0.15, 0.2) is 0 Å². The van der Waals surface area contributed by atoms with E-state index in [0.29, 0.717) is 0 Å². The van der Waals surface area contributed by atoms with Gasteiger partial charge in [-0.3, -0.25) is 4.79 Å². The van der Waals surface area contributed by atoms with Crippen molar-refractivity contribution in [3.8, 4) is 0 Å². The highest BCUT2D eigenvalue weighted by Gasteiger charge is 2.14. The average molecular weight is 347 g/mol. The highest BCUT2D eigenvalue weighted by atomic mass is 32.2. The summed E-state index contributed by atoms with van der Waals surface area (Å²) in [6, 6.07) is 10.6. The Hall–Kier alpha value is -1.99. The number of rotatable bonds is 6. The number of aromatic nitrogens is 2. The number of sulfonamides is 1. The summed E-state index contributed by atoms with van der Waals surface area (Å²) in [4.78, 5) is 12.1. The van der Waals surface area contributed by atoms with Crippen LogP contribution in [0.5, 0.6) is 0 Å². The summed E-state index contributed by atoms with van der Waals surface area (Å²) in [6.07, 6.45) is 3.97. The molecule has 7 heteroatoms. The molecule has 1 aromatic heterocycles. The van der Waals surface area contributed by atoms with Crippen molar-refractivity contribution < 1.29 is 8.42 Å². The van der Waals surface area contributed by atoms with E-state index in [1.807, 2.05) is 6.07 Å². The van der Waals surface area contributed by atoms with Gasteiger partial charge in [0.1, 0.15) is 0 Å². The molecule has 3 rings (SSSR count). The summed E-state index contributed by atoms with van der Waals surface area (Å²) in [6.45, 7) is 0.390. The third-order valence-electron chi connectivity index (χ3n) is 4.12. The van der Waals surface area contributed by atoms with E-state index in [9.17, 15) is 13.2 Å². The Labute approximate surface area is 141 Å². The monoisotopic (exact) mass is 347 g/mol. The first-order valence-corrected chi connectivity index (χ1v) is 9.80. The third-order valence-corrected chi connectivity index (χ3v) is 5.48. The van der Waals surface area contributed by atoms with Gasteiger partial charge in [-0.1, -0.05) is 30.3 Å². The van der Waals surface area contributed by atoms with Gasteiger partial charge < -0.3 is 0 Å². The summed E-state index contributed by atoms with van der Waals surface area (Å²) in [5.41, 5.74) is 2.56. The maximum atomic E-state index is 12.1. The smallest absolute Gasteiger partial charge is 0.267 e. The second-order valence-corrected chi connectivity index (χ2v) is 7.83. The van der Waals surface area contributed by atoms with Crippen LogP contribution in [0.15, 0.2) is 41.2 Å². The van der Waals surface area contributed by atoms with Crippen molar-refractivity contribution in [3.05, 3.63) is 63.6 Å². The Morgan fingerprint density at radius 2 is 1.88 bits per heavy atom. The Morgan fingerprint density at radius 1 is 1.12 bits per heavy atom. The minimum Gasteiger partial charge on any atom is -0.268 e. The molecule has 1 N–H and O–H groups in total. The number of fused-ring (bicyclic) bond motifs is 1. The summed E-state index contributed by atoms with van der Waals surface area (Å²) < 4.78 is 28.1. The molecule has 0 bridgehead atoms. The molecule has 0 amide bonds. The predicted octanol–water partition coefficient (Wildman–Crippen LogP) is 1.24. The van der Waals surface area contributed by atoms with Gasteiger partial charge in [0, 0.05) is 12.6 Å². The van der Waals surface area contributed by atoms with E-state index in [2.05, 4.69) is 9.82 Å². The molecule has 0 spiro atoms. The molecule has 1 heterocycles. The van der Waals surface area contributed by atoms with Crippen LogP contribution >= 0.6 is 0 Å². The molecule has 0 atom stereocenters. The van der Waals surface area contributed by atoms with E-state index in [4.69, 9.17) is 0 Å². The first-order valence-electron chi connectivity index (χ1n) is 8.15. The molecule has 1 aliphatic carbocycles. The lowest BCUT2D eigenvalue weighted by Crippen LogP contribution is -2.33. The number of nitrogens with zero attached hydrogens (tertiary/aromatic N) is 2. The fourth-order valence-electron chi connectivity index (χ4n) is 2.91. The van der Waals surface area contributed by atoms with Crippen LogP contribution in [0.3, 0.4) is 0 Å². The van der Waals surface area contributed by atoms with Gasteiger partial charge in [0.2, 0.25) is 10.0 Å². The largest absolute Gasteiger partial charge is 0.268 e. The van der Waals surface area contributed by atoms with Gasteiger partial charge in [-0.05, 0) is 36.8 Å². The lowest BCUT2D eigenvalue weighted by atomic mass is 9.97. The summed E-state index contributed by atoms with van der Waals surface area (Å²) in [5, 5.41) is 4.39.